The predicted octanol–water partition coefficient (Wildman–Crippen LogP) is 3.78. The fourth-order valence-electron chi connectivity index (χ4n) is 2.21. The number of rotatable bonds is 7. The highest BCUT2D eigenvalue weighted by Gasteiger charge is 2.14. The van der Waals surface area contributed by atoms with Crippen LogP contribution < -0.4 is 14.8 Å². The summed E-state index contributed by atoms with van der Waals surface area (Å²) in [4.78, 5) is 12.1. The smallest absolute Gasteiger partial charge is 0.260 e. The first-order valence-corrected chi connectivity index (χ1v) is 8.21. The summed E-state index contributed by atoms with van der Waals surface area (Å²) in [6.07, 6.45) is 0.184. The lowest BCUT2D eigenvalue weighted by atomic mass is 10.1. The van der Waals surface area contributed by atoms with Gasteiger partial charge in [0.05, 0.1) is 7.11 Å². The van der Waals surface area contributed by atoms with Gasteiger partial charge >= 0.3 is 0 Å². The van der Waals surface area contributed by atoms with Crippen LogP contribution in [0.15, 0.2) is 42.5 Å². The van der Waals surface area contributed by atoms with E-state index in [1.54, 1.807) is 26.2 Å². The van der Waals surface area contributed by atoms with Crippen molar-refractivity contribution in [1.82, 2.24) is 5.32 Å². The molecule has 2 rings (SSSR count). The first-order valence-electron chi connectivity index (χ1n) is 7.83. The van der Waals surface area contributed by atoms with Crippen LogP contribution in [0.1, 0.15) is 18.1 Å². The largest absolute Gasteiger partial charge is 0.497 e. The molecule has 4 nitrogen and oxygen atoms in total. The van der Waals surface area contributed by atoms with E-state index in [0.29, 0.717) is 17.3 Å². The maximum absolute atomic E-state index is 12.1. The molecule has 1 atom stereocenters. The number of hydrogen-bond acceptors (Lipinski definition) is 3. The third-order valence-corrected chi connectivity index (χ3v) is 4.11. The Morgan fingerprint density at radius 3 is 2.46 bits per heavy atom. The molecule has 2 aromatic rings. The zero-order valence-electron chi connectivity index (χ0n) is 14.1. The molecule has 0 aliphatic carbocycles. The Morgan fingerprint density at radius 2 is 1.83 bits per heavy atom. The molecule has 1 unspecified atom stereocenters. The van der Waals surface area contributed by atoms with Gasteiger partial charge in [-0.2, -0.15) is 0 Å². The number of amides is 1. The first kappa shape index (κ1) is 18.1. The highest BCUT2D eigenvalue weighted by atomic mass is 35.5. The van der Waals surface area contributed by atoms with Crippen LogP contribution in [0, 0.1) is 6.92 Å². The maximum atomic E-state index is 12.1. The van der Waals surface area contributed by atoms with E-state index < -0.39 is 6.10 Å². The van der Waals surface area contributed by atoms with Gasteiger partial charge in [-0.3, -0.25) is 4.79 Å². The van der Waals surface area contributed by atoms with Gasteiger partial charge in [0.2, 0.25) is 0 Å². The summed E-state index contributed by atoms with van der Waals surface area (Å²) in [6.45, 7) is 4.18. The monoisotopic (exact) mass is 347 g/mol. The molecule has 0 saturated carbocycles. The van der Waals surface area contributed by atoms with E-state index in [1.165, 1.54) is 0 Å². The third kappa shape index (κ3) is 5.17. The van der Waals surface area contributed by atoms with Crippen LogP contribution in [0.5, 0.6) is 11.5 Å². The summed E-state index contributed by atoms with van der Waals surface area (Å²) in [7, 11) is 1.64. The zero-order chi connectivity index (χ0) is 17.5. The Hall–Kier alpha value is -2.20. The second kappa shape index (κ2) is 8.60. The number of carbonyl (C=O) groups excluding carboxylic acids is 1. The normalized spacial score (nSPS) is 11.7. The second-order valence-corrected chi connectivity index (χ2v) is 5.97. The molecule has 0 aliphatic rings. The van der Waals surface area contributed by atoms with Crippen molar-refractivity contribution in [2.75, 3.05) is 13.7 Å². The first-order chi connectivity index (χ1) is 11.5. The zero-order valence-corrected chi connectivity index (χ0v) is 14.9. The van der Waals surface area contributed by atoms with Crippen LogP contribution in [0.3, 0.4) is 0 Å². The number of aryl methyl sites for hydroxylation is 1. The molecule has 2 aromatic carbocycles. The highest BCUT2D eigenvalue weighted by molar-refractivity contribution is 6.31. The molecule has 0 spiro atoms. The summed E-state index contributed by atoms with van der Waals surface area (Å²) in [5.74, 6) is 1.31. The topological polar surface area (TPSA) is 47.6 Å². The van der Waals surface area contributed by atoms with E-state index in [0.717, 1.165) is 23.3 Å². The van der Waals surface area contributed by atoms with Gasteiger partial charge in [0.25, 0.3) is 5.91 Å². The van der Waals surface area contributed by atoms with E-state index in [1.807, 2.05) is 37.3 Å². The van der Waals surface area contributed by atoms with E-state index in [2.05, 4.69) is 5.32 Å². The van der Waals surface area contributed by atoms with Crippen LogP contribution in [0.4, 0.5) is 0 Å². The predicted molar refractivity (Wildman–Crippen MR) is 96.0 cm³/mol. The molecule has 0 heterocycles. The fraction of sp³-hybridized carbons (Fsp3) is 0.316. The SMILES string of the molecule is COc1ccc(CCNC(=O)C(C)Oc2ccc(Cl)c(C)c2)cc1. The lowest BCUT2D eigenvalue weighted by Crippen LogP contribution is -2.37. The summed E-state index contributed by atoms with van der Waals surface area (Å²) < 4.78 is 10.8. The minimum atomic E-state index is -0.568. The quantitative estimate of drug-likeness (QED) is 0.829. The van der Waals surface area contributed by atoms with Crippen LogP contribution in [0.2, 0.25) is 5.02 Å². The van der Waals surface area contributed by atoms with Gasteiger partial charge in [0.1, 0.15) is 11.5 Å². The average Bonchev–Trinajstić information content (AvgIpc) is 2.58. The van der Waals surface area contributed by atoms with Crippen molar-refractivity contribution in [3.63, 3.8) is 0 Å². The molecule has 1 N–H and O–H groups in total. The number of methoxy groups -OCH3 is 1. The standard InChI is InChI=1S/C19H22ClNO3/c1-13-12-17(8-9-18(13)20)24-14(2)19(22)21-11-10-15-4-6-16(23-3)7-5-15/h4-9,12,14H,10-11H2,1-3H3,(H,21,22). The minimum absolute atomic E-state index is 0.142. The third-order valence-electron chi connectivity index (χ3n) is 3.68. The molecule has 0 fully saturated rings. The number of ether oxygens (including phenoxy) is 2. The van der Waals surface area contributed by atoms with Crippen molar-refractivity contribution in [2.24, 2.45) is 0 Å². The molecular weight excluding hydrogens is 326 g/mol. The van der Waals surface area contributed by atoms with Crippen molar-refractivity contribution in [3.8, 4) is 11.5 Å². The molecular formula is C19H22ClNO3. The number of hydrogen-bond donors (Lipinski definition) is 1. The Morgan fingerprint density at radius 1 is 1.17 bits per heavy atom. The lowest BCUT2D eigenvalue weighted by molar-refractivity contribution is -0.127. The summed E-state index contributed by atoms with van der Waals surface area (Å²) in [5, 5.41) is 3.56. The molecule has 1 amide bonds. The van der Waals surface area contributed by atoms with E-state index in [-0.39, 0.29) is 5.91 Å². The molecule has 5 heteroatoms. The Kier molecular flexibility index (Phi) is 6.50. The summed E-state index contributed by atoms with van der Waals surface area (Å²) >= 11 is 5.98. The highest BCUT2D eigenvalue weighted by Crippen LogP contribution is 2.21. The van der Waals surface area contributed by atoms with Gasteiger partial charge in [0, 0.05) is 11.6 Å². The lowest BCUT2D eigenvalue weighted by Gasteiger charge is -2.15. The van der Waals surface area contributed by atoms with Gasteiger partial charge < -0.3 is 14.8 Å². The average molecular weight is 348 g/mol. The molecule has 0 saturated heterocycles. The molecule has 24 heavy (non-hydrogen) atoms. The maximum Gasteiger partial charge on any atom is 0.260 e. The molecule has 0 bridgehead atoms. The Labute approximate surface area is 147 Å². The number of benzene rings is 2. The molecule has 0 radical (unpaired) electrons. The van der Waals surface area contributed by atoms with Crippen molar-refractivity contribution in [1.29, 1.82) is 0 Å². The second-order valence-electron chi connectivity index (χ2n) is 5.56. The molecule has 0 aromatic heterocycles. The van der Waals surface area contributed by atoms with Gasteiger partial charge in [-0.05, 0) is 61.7 Å². The van der Waals surface area contributed by atoms with Gasteiger partial charge in [-0.25, -0.2) is 0 Å². The van der Waals surface area contributed by atoms with E-state index in [9.17, 15) is 4.79 Å². The van der Waals surface area contributed by atoms with Crippen molar-refractivity contribution < 1.29 is 14.3 Å². The Bertz CT molecular complexity index is 686. The van der Waals surface area contributed by atoms with Crippen LogP contribution in [-0.4, -0.2) is 25.7 Å². The van der Waals surface area contributed by atoms with E-state index in [4.69, 9.17) is 21.1 Å². The number of halogens is 1. The van der Waals surface area contributed by atoms with Crippen LogP contribution in [-0.2, 0) is 11.2 Å². The van der Waals surface area contributed by atoms with Gasteiger partial charge in [-0.15, -0.1) is 0 Å². The molecule has 128 valence electrons. The molecule has 0 aliphatic heterocycles. The number of carbonyl (C=O) groups is 1. The van der Waals surface area contributed by atoms with Gasteiger partial charge in [0.15, 0.2) is 6.10 Å². The minimum Gasteiger partial charge on any atom is -0.497 e. The summed E-state index contributed by atoms with van der Waals surface area (Å²) in [5.41, 5.74) is 2.05. The van der Waals surface area contributed by atoms with Crippen molar-refractivity contribution in [2.45, 2.75) is 26.4 Å². The van der Waals surface area contributed by atoms with E-state index >= 15 is 0 Å². The Balaban J connectivity index is 1.79. The fourth-order valence-corrected chi connectivity index (χ4v) is 2.33. The van der Waals surface area contributed by atoms with Crippen molar-refractivity contribution in [3.05, 3.63) is 58.6 Å². The van der Waals surface area contributed by atoms with Crippen LogP contribution in [0.25, 0.3) is 0 Å². The van der Waals surface area contributed by atoms with Crippen molar-refractivity contribution >= 4 is 17.5 Å². The van der Waals surface area contributed by atoms with Crippen LogP contribution >= 0.6 is 11.6 Å². The van der Waals surface area contributed by atoms with Gasteiger partial charge in [-0.1, -0.05) is 23.7 Å². The summed E-state index contributed by atoms with van der Waals surface area (Å²) in [6, 6.07) is 13.1. The number of nitrogens with one attached hydrogen (secondary N) is 1.